The van der Waals surface area contributed by atoms with Crippen LogP contribution < -0.4 is 14.4 Å². The molecule has 162 valence electrons. The van der Waals surface area contributed by atoms with Crippen molar-refractivity contribution in [1.82, 2.24) is 0 Å². The molecule has 0 saturated carbocycles. The molecule has 2 aromatic rings. The van der Waals surface area contributed by atoms with E-state index in [1.807, 2.05) is 0 Å². The van der Waals surface area contributed by atoms with E-state index in [0.29, 0.717) is 45.6 Å². The van der Waals surface area contributed by atoms with Crippen LogP contribution in [-0.4, -0.2) is 37.0 Å². The van der Waals surface area contributed by atoms with Gasteiger partial charge in [0.25, 0.3) is 5.91 Å². The first-order valence-corrected chi connectivity index (χ1v) is 11.6. The number of hydrogen-bond acceptors (Lipinski definition) is 7. The summed E-state index contributed by atoms with van der Waals surface area (Å²) in [5.74, 6) is 0.0531. The van der Waals surface area contributed by atoms with Gasteiger partial charge in [0.2, 0.25) is 0 Å². The third-order valence-electron chi connectivity index (χ3n) is 4.07. The van der Waals surface area contributed by atoms with Crippen LogP contribution in [0.4, 0.5) is 5.69 Å². The molecule has 0 atom stereocenters. The largest absolute Gasteiger partial charge is 0.493 e. The minimum Gasteiger partial charge on any atom is -0.493 e. The van der Waals surface area contributed by atoms with Gasteiger partial charge in [-0.1, -0.05) is 47.2 Å². The fourth-order valence-electron chi connectivity index (χ4n) is 2.62. The Bertz CT molecular complexity index is 1110. The second-order valence-corrected chi connectivity index (χ2v) is 9.67. The second-order valence-electron chi connectivity index (χ2n) is 6.01. The molecule has 6 nitrogen and oxygen atoms in total. The zero-order valence-electron chi connectivity index (χ0n) is 16.1. The molecular weight excluding hydrogens is 596 g/mol. The molecular formula is C20H14Cl2INO5S2. The van der Waals surface area contributed by atoms with Crippen molar-refractivity contribution in [3.8, 4) is 11.5 Å². The summed E-state index contributed by atoms with van der Waals surface area (Å²) in [7, 11) is 2.77. The third kappa shape index (κ3) is 5.46. The average molecular weight is 610 g/mol. The van der Waals surface area contributed by atoms with Crippen LogP contribution in [0, 0.1) is 3.57 Å². The summed E-state index contributed by atoms with van der Waals surface area (Å²) in [5.41, 5.74) is 1.25. The predicted octanol–water partition coefficient (Wildman–Crippen LogP) is 5.56. The molecule has 1 heterocycles. The molecule has 1 saturated heterocycles. The van der Waals surface area contributed by atoms with Gasteiger partial charge in [-0.15, -0.1) is 0 Å². The number of methoxy groups -OCH3 is 2. The van der Waals surface area contributed by atoms with Crippen molar-refractivity contribution in [2.24, 2.45) is 0 Å². The van der Waals surface area contributed by atoms with Crippen LogP contribution in [0.3, 0.4) is 0 Å². The van der Waals surface area contributed by atoms with Gasteiger partial charge in [-0.25, -0.2) is 4.79 Å². The number of halogens is 3. The van der Waals surface area contributed by atoms with E-state index in [1.54, 1.807) is 36.4 Å². The lowest BCUT2D eigenvalue weighted by molar-refractivity contribution is -0.142. The molecule has 1 aliphatic rings. The monoisotopic (exact) mass is 609 g/mol. The summed E-state index contributed by atoms with van der Waals surface area (Å²) in [6, 6.07) is 8.40. The van der Waals surface area contributed by atoms with E-state index in [4.69, 9.17) is 44.9 Å². The first-order chi connectivity index (χ1) is 14.7. The molecule has 0 spiro atoms. The molecule has 0 bridgehead atoms. The molecule has 2 aromatic carbocycles. The van der Waals surface area contributed by atoms with Gasteiger partial charge >= 0.3 is 5.97 Å². The Balaban J connectivity index is 1.90. The molecule has 11 heteroatoms. The summed E-state index contributed by atoms with van der Waals surface area (Å²) < 4.78 is 16.6. The third-order valence-corrected chi connectivity index (χ3v) is 6.91. The van der Waals surface area contributed by atoms with Crippen LogP contribution in [0.25, 0.3) is 6.08 Å². The van der Waals surface area contributed by atoms with Crippen LogP contribution in [0.2, 0.25) is 10.0 Å². The van der Waals surface area contributed by atoms with Crippen molar-refractivity contribution in [2.45, 2.75) is 0 Å². The summed E-state index contributed by atoms with van der Waals surface area (Å²) in [5, 5.41) is 0.724. The zero-order valence-corrected chi connectivity index (χ0v) is 21.4. The summed E-state index contributed by atoms with van der Waals surface area (Å²) >= 11 is 20.7. The van der Waals surface area contributed by atoms with Crippen molar-refractivity contribution in [2.75, 3.05) is 25.7 Å². The summed E-state index contributed by atoms with van der Waals surface area (Å²) in [6.07, 6.45) is 1.71. The van der Waals surface area contributed by atoms with Crippen molar-refractivity contribution >= 4 is 97.7 Å². The van der Waals surface area contributed by atoms with Crippen LogP contribution in [0.15, 0.2) is 35.2 Å². The summed E-state index contributed by atoms with van der Waals surface area (Å²) in [4.78, 5) is 26.2. The normalized spacial score (nSPS) is 14.9. The SMILES string of the molecule is COC(=O)COc1c(I)cc(/C=C2/SC(=S)N(c3ccc(Cl)c(Cl)c3)C2=O)cc1OC. The highest BCUT2D eigenvalue weighted by atomic mass is 127. The van der Waals surface area contributed by atoms with Crippen molar-refractivity contribution in [3.63, 3.8) is 0 Å². The zero-order chi connectivity index (χ0) is 22.7. The number of thiocarbonyl (C=S) groups is 1. The number of carbonyl (C=O) groups is 2. The van der Waals surface area contributed by atoms with E-state index >= 15 is 0 Å². The number of nitrogens with zero attached hydrogens (tertiary/aromatic N) is 1. The molecule has 3 rings (SSSR count). The van der Waals surface area contributed by atoms with Crippen molar-refractivity contribution in [3.05, 3.63) is 54.4 Å². The number of esters is 1. The highest BCUT2D eigenvalue weighted by molar-refractivity contribution is 14.1. The molecule has 0 radical (unpaired) electrons. The van der Waals surface area contributed by atoms with Crippen molar-refractivity contribution < 1.29 is 23.8 Å². The second kappa shape index (κ2) is 10.4. The van der Waals surface area contributed by atoms with E-state index in [2.05, 4.69) is 27.3 Å². The number of benzene rings is 2. The Kier molecular flexibility index (Phi) is 8.08. The minimum atomic E-state index is -0.507. The van der Waals surface area contributed by atoms with Crippen LogP contribution in [-0.2, 0) is 14.3 Å². The van der Waals surface area contributed by atoms with Crippen LogP contribution in [0.5, 0.6) is 11.5 Å². The lowest BCUT2D eigenvalue weighted by Gasteiger charge is -2.15. The average Bonchev–Trinajstić information content (AvgIpc) is 3.01. The minimum absolute atomic E-state index is 0.246. The Morgan fingerprint density at radius 1 is 1.23 bits per heavy atom. The number of carbonyl (C=O) groups excluding carboxylic acids is 2. The van der Waals surface area contributed by atoms with Crippen molar-refractivity contribution in [1.29, 1.82) is 0 Å². The number of rotatable bonds is 6. The van der Waals surface area contributed by atoms with E-state index < -0.39 is 5.97 Å². The number of ether oxygens (including phenoxy) is 3. The molecule has 1 aliphatic heterocycles. The lowest BCUT2D eigenvalue weighted by Crippen LogP contribution is -2.27. The Hall–Kier alpha value is -1.53. The predicted molar refractivity (Wildman–Crippen MR) is 135 cm³/mol. The van der Waals surface area contributed by atoms with Crippen LogP contribution >= 0.6 is 69.8 Å². The van der Waals surface area contributed by atoms with Gasteiger partial charge in [-0.05, 0) is 64.6 Å². The quantitative estimate of drug-likeness (QED) is 0.184. The first kappa shape index (κ1) is 24.1. The lowest BCUT2D eigenvalue weighted by atomic mass is 10.1. The van der Waals surface area contributed by atoms with Gasteiger partial charge in [0.1, 0.15) is 0 Å². The van der Waals surface area contributed by atoms with E-state index in [0.717, 1.165) is 0 Å². The number of anilines is 1. The Morgan fingerprint density at radius 3 is 2.61 bits per heavy atom. The number of hydrogen-bond donors (Lipinski definition) is 0. The van der Waals surface area contributed by atoms with Gasteiger partial charge in [-0.3, -0.25) is 9.69 Å². The Morgan fingerprint density at radius 2 is 1.97 bits per heavy atom. The molecule has 0 aliphatic carbocycles. The fraction of sp³-hybridized carbons (Fsp3) is 0.150. The van der Waals surface area contributed by atoms with Gasteiger partial charge in [0, 0.05) is 0 Å². The maximum absolute atomic E-state index is 13.0. The highest BCUT2D eigenvalue weighted by Crippen LogP contribution is 2.40. The molecule has 0 aromatic heterocycles. The maximum Gasteiger partial charge on any atom is 0.343 e. The van der Waals surface area contributed by atoms with Crippen LogP contribution in [0.1, 0.15) is 5.56 Å². The molecule has 1 fully saturated rings. The van der Waals surface area contributed by atoms with E-state index in [9.17, 15) is 9.59 Å². The maximum atomic E-state index is 13.0. The van der Waals surface area contributed by atoms with Gasteiger partial charge in [0.05, 0.1) is 38.4 Å². The van der Waals surface area contributed by atoms with Gasteiger partial charge < -0.3 is 14.2 Å². The molecule has 31 heavy (non-hydrogen) atoms. The topological polar surface area (TPSA) is 65.1 Å². The number of thioether (sulfide) groups is 1. The first-order valence-electron chi connectivity index (χ1n) is 8.55. The Labute approximate surface area is 211 Å². The summed E-state index contributed by atoms with van der Waals surface area (Å²) in [6.45, 7) is -0.246. The van der Waals surface area contributed by atoms with E-state index in [1.165, 1.54) is 30.9 Å². The molecule has 1 amide bonds. The van der Waals surface area contributed by atoms with E-state index in [-0.39, 0.29) is 12.5 Å². The fourth-order valence-corrected chi connectivity index (χ4v) is 4.99. The molecule has 0 N–H and O–H groups in total. The molecule has 0 unspecified atom stereocenters. The highest BCUT2D eigenvalue weighted by Gasteiger charge is 2.33. The van der Waals surface area contributed by atoms with Gasteiger partial charge in [0.15, 0.2) is 22.4 Å². The smallest absolute Gasteiger partial charge is 0.343 e. The standard InChI is InChI=1S/C20H14Cl2INO5S2/c1-27-15-6-10(5-14(23)18(15)29-9-17(25)28-2)7-16-19(26)24(20(30)31-16)11-3-4-12(21)13(22)8-11/h3-8H,9H2,1-2H3/b16-7+. The number of amides is 1. The van der Waals surface area contributed by atoms with Gasteiger partial charge in [-0.2, -0.15) is 0 Å².